The quantitative estimate of drug-likeness (QED) is 0.205. The van der Waals surface area contributed by atoms with Crippen molar-refractivity contribution in [2.75, 3.05) is 0 Å². The molecular formula is C40H28N2. The Balaban J connectivity index is 1.35. The fourth-order valence-electron chi connectivity index (χ4n) is 6.47. The van der Waals surface area contributed by atoms with Gasteiger partial charge in [0, 0.05) is 5.69 Å². The number of fused-ring (bicyclic) bond motifs is 3. The summed E-state index contributed by atoms with van der Waals surface area (Å²) in [4.78, 5) is 5.00. The Morgan fingerprint density at radius 1 is 0.429 bits per heavy atom. The van der Waals surface area contributed by atoms with Gasteiger partial charge in [0.2, 0.25) is 0 Å². The van der Waals surface area contributed by atoms with Crippen molar-refractivity contribution >= 4 is 32.6 Å². The number of aromatic nitrogens is 2. The lowest BCUT2D eigenvalue weighted by Crippen LogP contribution is -1.96. The predicted molar refractivity (Wildman–Crippen MR) is 177 cm³/mol. The normalized spacial score (nSPS) is 11.5. The zero-order valence-electron chi connectivity index (χ0n) is 23.3. The highest BCUT2D eigenvalue weighted by atomic mass is 15.1. The van der Waals surface area contributed by atoms with E-state index >= 15 is 0 Å². The van der Waals surface area contributed by atoms with E-state index in [0.717, 1.165) is 22.5 Å². The van der Waals surface area contributed by atoms with E-state index in [2.05, 4.69) is 157 Å². The van der Waals surface area contributed by atoms with Crippen LogP contribution in [-0.4, -0.2) is 9.55 Å². The van der Waals surface area contributed by atoms with Crippen molar-refractivity contribution in [1.29, 1.82) is 0 Å². The highest BCUT2D eigenvalue weighted by Gasteiger charge is 2.18. The van der Waals surface area contributed by atoms with E-state index < -0.39 is 0 Å². The van der Waals surface area contributed by atoms with E-state index in [1.807, 2.05) is 6.07 Å². The number of hydrogen-bond donors (Lipinski definition) is 0. The zero-order valence-corrected chi connectivity index (χ0v) is 23.3. The molecule has 0 fully saturated rings. The van der Waals surface area contributed by atoms with Crippen molar-refractivity contribution in [3.05, 3.63) is 157 Å². The van der Waals surface area contributed by atoms with E-state index in [1.165, 1.54) is 54.9 Å². The number of benzene rings is 7. The maximum Gasteiger partial charge on any atom is 0.111 e. The second kappa shape index (κ2) is 9.87. The smallest absolute Gasteiger partial charge is 0.111 e. The fraction of sp³-hybridized carbons (Fsp3) is 0.0250. The molecular weight excluding hydrogens is 508 g/mol. The number of imidazole rings is 1. The van der Waals surface area contributed by atoms with Gasteiger partial charge in [-0.05, 0) is 86.1 Å². The molecule has 0 bridgehead atoms. The van der Waals surface area contributed by atoms with Gasteiger partial charge in [-0.15, -0.1) is 0 Å². The Kier molecular flexibility index (Phi) is 5.72. The number of aryl methyl sites for hydroxylation is 1. The first kappa shape index (κ1) is 24.3. The van der Waals surface area contributed by atoms with E-state index in [9.17, 15) is 0 Å². The topological polar surface area (TPSA) is 17.8 Å². The van der Waals surface area contributed by atoms with E-state index in [-0.39, 0.29) is 0 Å². The molecule has 0 saturated heterocycles. The number of nitrogens with zero attached hydrogens (tertiary/aromatic N) is 2. The van der Waals surface area contributed by atoms with Crippen molar-refractivity contribution in [3.63, 3.8) is 0 Å². The van der Waals surface area contributed by atoms with Gasteiger partial charge in [-0.1, -0.05) is 127 Å². The molecule has 2 nitrogen and oxygen atoms in total. The minimum absolute atomic E-state index is 0.984. The molecule has 0 amide bonds. The molecule has 2 heteroatoms. The Hall–Kier alpha value is -5.47. The van der Waals surface area contributed by atoms with Gasteiger partial charge in [-0.2, -0.15) is 0 Å². The Morgan fingerprint density at radius 2 is 0.881 bits per heavy atom. The van der Waals surface area contributed by atoms with Crippen LogP contribution >= 0.6 is 0 Å². The van der Waals surface area contributed by atoms with E-state index in [0.29, 0.717) is 0 Å². The van der Waals surface area contributed by atoms with Crippen molar-refractivity contribution < 1.29 is 0 Å². The van der Waals surface area contributed by atoms with Crippen LogP contribution in [0.15, 0.2) is 152 Å². The first-order chi connectivity index (χ1) is 20.8. The molecule has 0 atom stereocenters. The van der Waals surface area contributed by atoms with Gasteiger partial charge in [-0.3, -0.25) is 4.57 Å². The van der Waals surface area contributed by atoms with Gasteiger partial charge in [0.25, 0.3) is 0 Å². The molecule has 0 aliphatic rings. The molecule has 8 rings (SSSR count). The summed E-state index contributed by atoms with van der Waals surface area (Å²) in [5.41, 5.74) is 10.6. The summed E-state index contributed by atoms with van der Waals surface area (Å²) in [6.45, 7) is 2.08. The van der Waals surface area contributed by atoms with Crippen LogP contribution in [0.5, 0.6) is 0 Å². The Morgan fingerprint density at radius 3 is 1.48 bits per heavy atom. The standard InChI is InChI=1S/C40H28N2/c1-27-41-37-26-31(24-25-38(37)42(27)32-14-6-3-7-15-32)40-35-18-10-8-16-33(35)39(34-17-9-11-19-36(34)40)30-22-20-29(21-23-30)28-12-4-2-5-13-28/h2-26H,1H3. The van der Waals surface area contributed by atoms with E-state index in [4.69, 9.17) is 4.98 Å². The molecule has 0 N–H and O–H groups in total. The largest absolute Gasteiger partial charge is 0.297 e. The van der Waals surface area contributed by atoms with E-state index in [1.54, 1.807) is 0 Å². The molecule has 0 saturated carbocycles. The van der Waals surface area contributed by atoms with Crippen LogP contribution < -0.4 is 0 Å². The third kappa shape index (κ3) is 3.92. The molecule has 42 heavy (non-hydrogen) atoms. The lowest BCUT2D eigenvalue weighted by Gasteiger charge is -2.18. The first-order valence-corrected chi connectivity index (χ1v) is 14.4. The SMILES string of the molecule is Cc1nc2cc(-c3c4ccccc4c(-c4ccc(-c5ccccc5)cc4)c4ccccc34)ccc2n1-c1ccccc1. The van der Waals surface area contributed by atoms with Crippen LogP contribution in [0.1, 0.15) is 5.82 Å². The Labute approximate surface area is 245 Å². The second-order valence-corrected chi connectivity index (χ2v) is 10.8. The summed E-state index contributed by atoms with van der Waals surface area (Å²) < 4.78 is 2.23. The third-order valence-corrected chi connectivity index (χ3v) is 8.34. The van der Waals surface area contributed by atoms with Crippen LogP contribution in [0.2, 0.25) is 0 Å². The summed E-state index contributed by atoms with van der Waals surface area (Å²) >= 11 is 0. The summed E-state index contributed by atoms with van der Waals surface area (Å²) in [6.07, 6.45) is 0. The summed E-state index contributed by atoms with van der Waals surface area (Å²) in [5, 5.41) is 5.00. The second-order valence-electron chi connectivity index (χ2n) is 10.8. The van der Waals surface area contributed by atoms with Gasteiger partial charge in [-0.25, -0.2) is 4.98 Å². The lowest BCUT2D eigenvalue weighted by atomic mass is 9.85. The first-order valence-electron chi connectivity index (χ1n) is 14.4. The van der Waals surface area contributed by atoms with Gasteiger partial charge in [0.1, 0.15) is 5.82 Å². The summed E-state index contributed by atoms with van der Waals surface area (Å²) in [5.74, 6) is 0.984. The van der Waals surface area contributed by atoms with Crippen molar-refractivity contribution in [1.82, 2.24) is 9.55 Å². The molecule has 0 aliphatic heterocycles. The van der Waals surface area contributed by atoms with Gasteiger partial charge in [0.15, 0.2) is 0 Å². The summed E-state index contributed by atoms with van der Waals surface area (Å²) in [6, 6.07) is 54.4. The fourth-order valence-corrected chi connectivity index (χ4v) is 6.47. The molecule has 7 aromatic carbocycles. The molecule has 198 valence electrons. The maximum absolute atomic E-state index is 5.00. The molecule has 0 spiro atoms. The van der Waals surface area contributed by atoms with Crippen molar-refractivity contribution in [2.45, 2.75) is 6.92 Å². The van der Waals surface area contributed by atoms with Crippen LogP contribution in [0.4, 0.5) is 0 Å². The van der Waals surface area contributed by atoms with Gasteiger partial charge < -0.3 is 0 Å². The average Bonchev–Trinajstić information content (AvgIpc) is 3.39. The lowest BCUT2D eigenvalue weighted by molar-refractivity contribution is 1.00. The Bertz CT molecular complexity index is 2170. The minimum Gasteiger partial charge on any atom is -0.297 e. The van der Waals surface area contributed by atoms with Crippen LogP contribution in [0.3, 0.4) is 0 Å². The highest BCUT2D eigenvalue weighted by molar-refractivity contribution is 6.21. The maximum atomic E-state index is 5.00. The third-order valence-electron chi connectivity index (χ3n) is 8.34. The van der Waals surface area contributed by atoms with Crippen LogP contribution in [0.25, 0.3) is 71.6 Å². The number of rotatable bonds is 4. The van der Waals surface area contributed by atoms with Crippen molar-refractivity contribution in [3.8, 4) is 39.1 Å². The highest BCUT2D eigenvalue weighted by Crippen LogP contribution is 2.44. The monoisotopic (exact) mass is 536 g/mol. The molecule has 1 heterocycles. The number of para-hydroxylation sites is 1. The average molecular weight is 537 g/mol. The molecule has 0 radical (unpaired) electrons. The van der Waals surface area contributed by atoms with Gasteiger partial charge in [0.05, 0.1) is 11.0 Å². The molecule has 0 unspecified atom stereocenters. The van der Waals surface area contributed by atoms with Crippen LogP contribution in [0, 0.1) is 6.92 Å². The minimum atomic E-state index is 0.984. The summed E-state index contributed by atoms with van der Waals surface area (Å²) in [7, 11) is 0. The van der Waals surface area contributed by atoms with Crippen molar-refractivity contribution in [2.24, 2.45) is 0 Å². The molecule has 8 aromatic rings. The molecule has 0 aliphatic carbocycles. The predicted octanol–water partition coefficient (Wildman–Crippen LogP) is 10.6. The zero-order chi connectivity index (χ0) is 28.0. The molecule has 1 aromatic heterocycles. The number of hydrogen-bond acceptors (Lipinski definition) is 1. The van der Waals surface area contributed by atoms with Crippen LogP contribution in [-0.2, 0) is 0 Å². The van der Waals surface area contributed by atoms with Gasteiger partial charge >= 0.3 is 0 Å².